The molecule has 1 atom stereocenters. The maximum Gasteiger partial charge on any atom is 0.257 e. The van der Waals surface area contributed by atoms with Crippen LogP contribution in [0.2, 0.25) is 0 Å². The van der Waals surface area contributed by atoms with E-state index in [9.17, 15) is 4.79 Å². The third-order valence-corrected chi connectivity index (χ3v) is 3.01. The molecule has 0 aliphatic rings. The summed E-state index contributed by atoms with van der Waals surface area (Å²) in [5, 5.41) is 0.135. The SMILES string of the molecule is CC(Sc1nc2ccccc2o1)C(=O)NN. The summed E-state index contributed by atoms with van der Waals surface area (Å²) in [6.45, 7) is 1.74. The Morgan fingerprint density at radius 3 is 3.00 bits per heavy atom. The second-order valence-corrected chi connectivity index (χ2v) is 4.51. The molecule has 3 N–H and O–H groups in total. The number of hydrazine groups is 1. The molecule has 1 heterocycles. The number of fused-ring (bicyclic) bond motifs is 1. The third-order valence-electron chi connectivity index (χ3n) is 2.06. The van der Waals surface area contributed by atoms with Gasteiger partial charge in [-0.2, -0.15) is 0 Å². The van der Waals surface area contributed by atoms with Crippen LogP contribution >= 0.6 is 11.8 Å². The molecule has 2 rings (SSSR count). The zero-order chi connectivity index (χ0) is 11.5. The van der Waals surface area contributed by atoms with Crippen molar-refractivity contribution in [2.24, 2.45) is 5.84 Å². The Hall–Kier alpha value is -1.53. The highest BCUT2D eigenvalue weighted by Gasteiger charge is 2.16. The highest BCUT2D eigenvalue weighted by atomic mass is 32.2. The molecule has 2 aromatic rings. The number of oxazole rings is 1. The number of hydrogen-bond donors (Lipinski definition) is 2. The molecule has 84 valence electrons. The van der Waals surface area contributed by atoms with Crippen LogP contribution in [0.4, 0.5) is 0 Å². The van der Waals surface area contributed by atoms with Gasteiger partial charge in [-0.15, -0.1) is 0 Å². The Bertz CT molecular complexity index is 478. The maximum atomic E-state index is 11.2. The normalized spacial score (nSPS) is 12.6. The Kier molecular flexibility index (Phi) is 3.12. The topological polar surface area (TPSA) is 81.2 Å². The van der Waals surface area contributed by atoms with Crippen molar-refractivity contribution < 1.29 is 9.21 Å². The molecule has 0 aliphatic heterocycles. The van der Waals surface area contributed by atoms with Gasteiger partial charge in [0.2, 0.25) is 5.91 Å². The largest absolute Gasteiger partial charge is 0.431 e. The standard InChI is InChI=1S/C10H11N3O2S/c1-6(9(14)13-11)16-10-12-7-4-2-3-5-8(7)15-10/h2-6H,11H2,1H3,(H,13,14). The summed E-state index contributed by atoms with van der Waals surface area (Å²) < 4.78 is 5.46. The molecule has 1 amide bonds. The average Bonchev–Trinajstić information content (AvgIpc) is 2.69. The van der Waals surface area contributed by atoms with Gasteiger partial charge in [0.1, 0.15) is 5.52 Å². The summed E-state index contributed by atoms with van der Waals surface area (Å²) in [7, 11) is 0. The fourth-order valence-corrected chi connectivity index (χ4v) is 1.99. The van der Waals surface area contributed by atoms with E-state index in [0.29, 0.717) is 10.8 Å². The zero-order valence-electron chi connectivity index (χ0n) is 8.64. The lowest BCUT2D eigenvalue weighted by Crippen LogP contribution is -2.36. The molecule has 1 unspecified atom stereocenters. The van der Waals surface area contributed by atoms with Crippen LogP contribution in [0.1, 0.15) is 6.92 Å². The summed E-state index contributed by atoms with van der Waals surface area (Å²) in [5.41, 5.74) is 3.59. The van der Waals surface area contributed by atoms with Crippen LogP contribution in [0.5, 0.6) is 0 Å². The minimum Gasteiger partial charge on any atom is -0.431 e. The van der Waals surface area contributed by atoms with Crippen molar-refractivity contribution in [3.8, 4) is 0 Å². The summed E-state index contributed by atoms with van der Waals surface area (Å²) in [5.74, 6) is 4.78. The van der Waals surface area contributed by atoms with Crippen molar-refractivity contribution in [2.75, 3.05) is 0 Å². The van der Waals surface area contributed by atoms with E-state index in [4.69, 9.17) is 10.3 Å². The second-order valence-electron chi connectivity index (χ2n) is 3.22. The monoisotopic (exact) mass is 237 g/mol. The van der Waals surface area contributed by atoms with Gasteiger partial charge in [0, 0.05) is 0 Å². The first-order chi connectivity index (χ1) is 7.70. The number of benzene rings is 1. The van der Waals surface area contributed by atoms with Gasteiger partial charge >= 0.3 is 0 Å². The van der Waals surface area contributed by atoms with Crippen molar-refractivity contribution in [3.63, 3.8) is 0 Å². The Balaban J connectivity index is 2.18. The van der Waals surface area contributed by atoms with Crippen molar-refractivity contribution >= 4 is 28.8 Å². The van der Waals surface area contributed by atoms with E-state index in [1.54, 1.807) is 6.92 Å². The summed E-state index contributed by atoms with van der Waals surface area (Å²) in [4.78, 5) is 15.4. The molecule has 0 spiro atoms. The van der Waals surface area contributed by atoms with E-state index in [-0.39, 0.29) is 11.2 Å². The summed E-state index contributed by atoms with van der Waals surface area (Å²) >= 11 is 1.23. The van der Waals surface area contributed by atoms with E-state index in [0.717, 1.165) is 5.52 Å². The van der Waals surface area contributed by atoms with Gasteiger partial charge < -0.3 is 4.42 Å². The van der Waals surface area contributed by atoms with Gasteiger partial charge in [-0.3, -0.25) is 10.2 Å². The molecule has 0 saturated heterocycles. The first-order valence-electron chi connectivity index (χ1n) is 4.73. The molecule has 16 heavy (non-hydrogen) atoms. The number of thioether (sulfide) groups is 1. The zero-order valence-corrected chi connectivity index (χ0v) is 9.45. The fraction of sp³-hybridized carbons (Fsp3) is 0.200. The number of carbonyl (C=O) groups excluding carboxylic acids is 1. The molecule has 5 nitrogen and oxygen atoms in total. The van der Waals surface area contributed by atoms with Crippen LogP contribution in [-0.2, 0) is 4.79 Å². The van der Waals surface area contributed by atoms with Crippen LogP contribution in [0, 0.1) is 0 Å². The molecule has 0 aliphatic carbocycles. The van der Waals surface area contributed by atoms with Gasteiger partial charge in [0.15, 0.2) is 5.58 Å². The molecule has 1 aromatic carbocycles. The smallest absolute Gasteiger partial charge is 0.257 e. The average molecular weight is 237 g/mol. The van der Waals surface area contributed by atoms with Crippen LogP contribution in [-0.4, -0.2) is 16.1 Å². The highest BCUT2D eigenvalue weighted by Crippen LogP contribution is 2.26. The molecular formula is C10H11N3O2S. The van der Waals surface area contributed by atoms with Gasteiger partial charge in [-0.25, -0.2) is 10.8 Å². The van der Waals surface area contributed by atoms with E-state index in [2.05, 4.69) is 10.4 Å². The first-order valence-corrected chi connectivity index (χ1v) is 5.61. The summed E-state index contributed by atoms with van der Waals surface area (Å²) in [6, 6.07) is 7.45. The van der Waals surface area contributed by atoms with Crippen molar-refractivity contribution in [2.45, 2.75) is 17.4 Å². The quantitative estimate of drug-likeness (QED) is 0.364. The molecule has 0 radical (unpaired) electrons. The van der Waals surface area contributed by atoms with Crippen LogP contribution in [0.3, 0.4) is 0 Å². The second kappa shape index (κ2) is 4.54. The number of hydrogen-bond acceptors (Lipinski definition) is 5. The third kappa shape index (κ3) is 2.17. The minimum atomic E-state index is -0.335. The molecule has 6 heteroatoms. The number of nitrogens with two attached hydrogens (primary N) is 1. The fourth-order valence-electron chi connectivity index (χ4n) is 1.22. The maximum absolute atomic E-state index is 11.2. The number of amides is 1. The minimum absolute atomic E-state index is 0.257. The number of carbonyl (C=O) groups is 1. The van der Waals surface area contributed by atoms with E-state index < -0.39 is 0 Å². The number of para-hydroxylation sites is 2. The molecular weight excluding hydrogens is 226 g/mol. The van der Waals surface area contributed by atoms with Crippen LogP contribution in [0.25, 0.3) is 11.1 Å². The number of nitrogens with one attached hydrogen (secondary N) is 1. The Morgan fingerprint density at radius 1 is 1.56 bits per heavy atom. The van der Waals surface area contributed by atoms with Gasteiger partial charge in [0.25, 0.3) is 5.22 Å². The van der Waals surface area contributed by atoms with Crippen molar-refractivity contribution in [3.05, 3.63) is 24.3 Å². The number of aromatic nitrogens is 1. The lowest BCUT2D eigenvalue weighted by atomic mass is 10.3. The molecule has 1 aromatic heterocycles. The van der Waals surface area contributed by atoms with Crippen LogP contribution in [0.15, 0.2) is 33.9 Å². The Morgan fingerprint density at radius 2 is 2.31 bits per heavy atom. The first kappa shape index (κ1) is 11.0. The van der Waals surface area contributed by atoms with E-state index >= 15 is 0 Å². The molecule has 0 saturated carbocycles. The van der Waals surface area contributed by atoms with Crippen molar-refractivity contribution in [1.82, 2.24) is 10.4 Å². The summed E-state index contributed by atoms with van der Waals surface area (Å²) in [6.07, 6.45) is 0. The van der Waals surface area contributed by atoms with Gasteiger partial charge in [0.05, 0.1) is 5.25 Å². The molecule has 0 fully saturated rings. The van der Waals surface area contributed by atoms with E-state index in [1.807, 2.05) is 24.3 Å². The lowest BCUT2D eigenvalue weighted by molar-refractivity contribution is -0.120. The van der Waals surface area contributed by atoms with Crippen LogP contribution < -0.4 is 11.3 Å². The van der Waals surface area contributed by atoms with Gasteiger partial charge in [-0.05, 0) is 19.1 Å². The number of nitrogens with zero attached hydrogens (tertiary/aromatic N) is 1. The lowest BCUT2D eigenvalue weighted by Gasteiger charge is -2.04. The number of rotatable bonds is 3. The Labute approximate surface area is 96.4 Å². The van der Waals surface area contributed by atoms with E-state index in [1.165, 1.54) is 11.8 Å². The highest BCUT2D eigenvalue weighted by molar-refractivity contribution is 8.00. The predicted octanol–water partition coefficient (Wildman–Crippen LogP) is 1.30. The molecule has 0 bridgehead atoms. The van der Waals surface area contributed by atoms with Crippen molar-refractivity contribution in [1.29, 1.82) is 0 Å². The predicted molar refractivity (Wildman–Crippen MR) is 61.7 cm³/mol. The van der Waals surface area contributed by atoms with Gasteiger partial charge in [-0.1, -0.05) is 23.9 Å².